The lowest BCUT2D eigenvalue weighted by atomic mass is 9.89. The summed E-state index contributed by atoms with van der Waals surface area (Å²) < 4.78 is 16.6. The van der Waals surface area contributed by atoms with Gasteiger partial charge in [0.25, 0.3) is 0 Å². The van der Waals surface area contributed by atoms with E-state index in [9.17, 15) is 9.90 Å². The lowest BCUT2D eigenvalue weighted by Crippen LogP contribution is -2.33. The molecule has 0 spiro atoms. The van der Waals surface area contributed by atoms with Crippen LogP contribution in [-0.4, -0.2) is 43.3 Å². The summed E-state index contributed by atoms with van der Waals surface area (Å²) in [5.74, 6) is 1.87. The topological polar surface area (TPSA) is 68.2 Å². The number of hydrogen-bond donors (Lipinski definition) is 1. The van der Waals surface area contributed by atoms with E-state index >= 15 is 0 Å². The van der Waals surface area contributed by atoms with E-state index in [2.05, 4.69) is 4.90 Å². The first-order valence-corrected chi connectivity index (χ1v) is 7.61. The van der Waals surface area contributed by atoms with Crippen molar-refractivity contribution < 1.29 is 24.1 Å². The second-order valence-electron chi connectivity index (χ2n) is 5.91. The number of aliphatic hydroxyl groups is 1. The fourth-order valence-corrected chi connectivity index (χ4v) is 3.27. The third-order valence-corrected chi connectivity index (χ3v) is 4.32. The fourth-order valence-electron chi connectivity index (χ4n) is 3.27. The van der Waals surface area contributed by atoms with Crippen LogP contribution in [0.5, 0.6) is 17.2 Å². The zero-order valence-electron chi connectivity index (χ0n) is 13.6. The molecular formula is C17H21NO5. The van der Waals surface area contributed by atoms with Gasteiger partial charge in [0.1, 0.15) is 0 Å². The molecule has 1 aromatic carbocycles. The third-order valence-electron chi connectivity index (χ3n) is 4.32. The minimum Gasteiger partial charge on any atom is -0.512 e. The van der Waals surface area contributed by atoms with Gasteiger partial charge in [-0.3, -0.25) is 9.69 Å². The van der Waals surface area contributed by atoms with Crippen LogP contribution in [0, 0.1) is 0 Å². The van der Waals surface area contributed by atoms with Gasteiger partial charge >= 0.3 is 0 Å². The van der Waals surface area contributed by atoms with E-state index in [1.807, 2.05) is 13.1 Å². The molecule has 2 heterocycles. The Morgan fingerprint density at radius 2 is 2.30 bits per heavy atom. The van der Waals surface area contributed by atoms with E-state index in [0.717, 1.165) is 24.1 Å². The van der Waals surface area contributed by atoms with Gasteiger partial charge in [-0.2, -0.15) is 0 Å². The highest BCUT2D eigenvalue weighted by Gasteiger charge is 2.34. The highest BCUT2D eigenvalue weighted by molar-refractivity contribution is 5.87. The molecule has 2 aliphatic rings. The second kappa shape index (κ2) is 6.12. The van der Waals surface area contributed by atoms with Gasteiger partial charge in [0.2, 0.25) is 12.5 Å². The molecule has 0 bridgehead atoms. The molecule has 3 rings (SSSR count). The number of fused-ring (bicyclic) bond motifs is 2. The van der Waals surface area contributed by atoms with E-state index < -0.39 is 0 Å². The molecule has 6 heteroatoms. The number of hydrogen-bond acceptors (Lipinski definition) is 6. The number of ketones is 1. The standard InChI is InChI=1S/C17H21NO5/c1-10(19)6-12(20)8-13-15-11(4-5-18(13)2)7-14-16(17(15)21-3)23-9-22-14/h6-7,13,20H,4-5,8-9H2,1-3H3/b12-6-/t13-/m1/s1. The summed E-state index contributed by atoms with van der Waals surface area (Å²) >= 11 is 0. The Kier molecular flexibility index (Phi) is 4.17. The molecule has 0 radical (unpaired) electrons. The van der Waals surface area contributed by atoms with Gasteiger partial charge in [-0.25, -0.2) is 0 Å². The Morgan fingerprint density at radius 1 is 1.52 bits per heavy atom. The van der Waals surface area contributed by atoms with Crippen LogP contribution in [-0.2, 0) is 11.2 Å². The van der Waals surface area contributed by atoms with Crippen LogP contribution in [0.2, 0.25) is 0 Å². The van der Waals surface area contributed by atoms with Crippen LogP contribution in [0.25, 0.3) is 0 Å². The van der Waals surface area contributed by atoms with Gasteiger partial charge in [0.15, 0.2) is 17.3 Å². The summed E-state index contributed by atoms with van der Waals surface area (Å²) in [4.78, 5) is 13.3. The maximum atomic E-state index is 11.2. The van der Waals surface area contributed by atoms with Crippen LogP contribution in [0.4, 0.5) is 0 Å². The predicted molar refractivity (Wildman–Crippen MR) is 84.2 cm³/mol. The van der Waals surface area contributed by atoms with Crippen LogP contribution in [0.3, 0.4) is 0 Å². The number of likely N-dealkylation sites (N-methyl/N-ethyl adjacent to an activating group) is 1. The van der Waals surface area contributed by atoms with Gasteiger partial charge in [0, 0.05) is 30.6 Å². The van der Waals surface area contributed by atoms with Crippen molar-refractivity contribution in [3.63, 3.8) is 0 Å². The average Bonchev–Trinajstić information content (AvgIpc) is 2.95. The highest BCUT2D eigenvalue weighted by atomic mass is 16.7. The number of benzene rings is 1. The molecule has 0 saturated heterocycles. The summed E-state index contributed by atoms with van der Waals surface area (Å²) in [7, 11) is 3.60. The molecule has 0 fully saturated rings. The number of ether oxygens (including phenoxy) is 3. The van der Waals surface area contributed by atoms with Crippen molar-refractivity contribution in [2.75, 3.05) is 27.5 Å². The van der Waals surface area contributed by atoms with Crippen molar-refractivity contribution in [3.8, 4) is 17.2 Å². The number of carbonyl (C=O) groups excluding carboxylic acids is 1. The van der Waals surface area contributed by atoms with E-state index in [-0.39, 0.29) is 24.4 Å². The van der Waals surface area contributed by atoms with Crippen LogP contribution >= 0.6 is 0 Å². The Bertz CT molecular complexity index is 667. The first-order chi connectivity index (χ1) is 11.0. The Morgan fingerprint density at radius 3 is 3.00 bits per heavy atom. The van der Waals surface area contributed by atoms with E-state index in [0.29, 0.717) is 23.7 Å². The van der Waals surface area contributed by atoms with Gasteiger partial charge in [-0.1, -0.05) is 0 Å². The molecular weight excluding hydrogens is 298 g/mol. The summed E-state index contributed by atoms with van der Waals surface area (Å²) in [5, 5.41) is 10.1. The molecule has 1 N–H and O–H groups in total. The second-order valence-corrected chi connectivity index (χ2v) is 5.91. The van der Waals surface area contributed by atoms with Crippen LogP contribution in [0.15, 0.2) is 17.9 Å². The van der Waals surface area contributed by atoms with E-state index in [4.69, 9.17) is 14.2 Å². The molecule has 2 aliphatic heterocycles. The summed E-state index contributed by atoms with van der Waals surface area (Å²) in [6.07, 6.45) is 2.48. The number of carbonyl (C=O) groups is 1. The number of rotatable bonds is 4. The molecule has 1 aromatic rings. The summed E-state index contributed by atoms with van der Waals surface area (Å²) in [6, 6.07) is 1.91. The maximum absolute atomic E-state index is 11.2. The van der Waals surface area contributed by atoms with Crippen molar-refractivity contribution in [2.24, 2.45) is 0 Å². The average molecular weight is 319 g/mol. The van der Waals surface area contributed by atoms with Crippen LogP contribution < -0.4 is 14.2 Å². The molecule has 124 valence electrons. The normalized spacial score (nSPS) is 20.3. The first kappa shape index (κ1) is 15.7. The lowest BCUT2D eigenvalue weighted by Gasteiger charge is -2.35. The number of nitrogens with zero attached hydrogens (tertiary/aromatic N) is 1. The number of allylic oxidation sites excluding steroid dienone is 1. The monoisotopic (exact) mass is 319 g/mol. The molecule has 6 nitrogen and oxygen atoms in total. The molecule has 1 atom stereocenters. The lowest BCUT2D eigenvalue weighted by molar-refractivity contribution is -0.112. The number of aliphatic hydroxyl groups excluding tert-OH is 1. The largest absolute Gasteiger partial charge is 0.512 e. The minimum atomic E-state index is -0.168. The van der Waals surface area contributed by atoms with E-state index in [1.165, 1.54) is 13.0 Å². The summed E-state index contributed by atoms with van der Waals surface area (Å²) in [6.45, 7) is 2.46. The fraction of sp³-hybridized carbons (Fsp3) is 0.471. The van der Waals surface area contributed by atoms with E-state index in [1.54, 1.807) is 7.11 Å². The SMILES string of the molecule is COc1c2c(cc3c1[C@@H](C/C(O)=C/C(C)=O)N(C)CC3)OCO2. The molecule has 0 saturated carbocycles. The number of methoxy groups -OCH3 is 1. The van der Waals surface area contributed by atoms with Gasteiger partial charge in [-0.15, -0.1) is 0 Å². The minimum absolute atomic E-state index is 0.0712. The highest BCUT2D eigenvalue weighted by Crippen LogP contribution is 2.50. The maximum Gasteiger partial charge on any atom is 0.231 e. The zero-order chi connectivity index (χ0) is 16.6. The molecule has 0 amide bonds. The molecule has 23 heavy (non-hydrogen) atoms. The Balaban J connectivity index is 2.05. The van der Waals surface area contributed by atoms with Crippen molar-refractivity contribution in [1.29, 1.82) is 0 Å². The molecule has 0 aromatic heterocycles. The van der Waals surface area contributed by atoms with Gasteiger partial charge in [-0.05, 0) is 32.0 Å². The smallest absolute Gasteiger partial charge is 0.231 e. The summed E-state index contributed by atoms with van der Waals surface area (Å²) in [5.41, 5.74) is 2.12. The Hall–Kier alpha value is -2.21. The molecule has 0 unspecified atom stereocenters. The van der Waals surface area contributed by atoms with Crippen molar-refractivity contribution >= 4 is 5.78 Å². The van der Waals surface area contributed by atoms with Gasteiger partial charge < -0.3 is 19.3 Å². The van der Waals surface area contributed by atoms with Crippen molar-refractivity contribution in [3.05, 3.63) is 29.0 Å². The van der Waals surface area contributed by atoms with Crippen molar-refractivity contribution in [2.45, 2.75) is 25.8 Å². The zero-order valence-corrected chi connectivity index (χ0v) is 13.6. The first-order valence-electron chi connectivity index (χ1n) is 7.61. The van der Waals surface area contributed by atoms with Gasteiger partial charge in [0.05, 0.1) is 12.9 Å². The van der Waals surface area contributed by atoms with Crippen molar-refractivity contribution in [1.82, 2.24) is 4.90 Å². The predicted octanol–water partition coefficient (Wildman–Crippen LogP) is 2.37. The quantitative estimate of drug-likeness (QED) is 0.679. The van der Waals surface area contributed by atoms with Crippen LogP contribution in [0.1, 0.15) is 30.5 Å². The molecule has 0 aliphatic carbocycles. The third kappa shape index (κ3) is 2.86. The Labute approximate surface area is 135 Å².